The van der Waals surface area contributed by atoms with Crippen molar-refractivity contribution < 1.29 is 9.59 Å². The van der Waals surface area contributed by atoms with Crippen molar-refractivity contribution in [2.75, 3.05) is 5.32 Å². The number of amides is 2. The molecule has 11 heteroatoms. The normalized spacial score (nSPS) is 15.4. The van der Waals surface area contributed by atoms with Gasteiger partial charge in [-0.05, 0) is 43.5 Å². The lowest BCUT2D eigenvalue weighted by molar-refractivity contribution is -0.129. The number of carbonyl (C=O) groups excluding carboxylic acids is 2. The fraction of sp³-hybridized carbons (Fsp3) is 0.588. The van der Waals surface area contributed by atoms with E-state index < -0.39 is 21.3 Å². The van der Waals surface area contributed by atoms with E-state index in [0.29, 0.717) is 10.6 Å². The molecule has 0 saturated carbocycles. The number of thiophene rings is 1. The van der Waals surface area contributed by atoms with Crippen molar-refractivity contribution in [3.63, 3.8) is 0 Å². The van der Waals surface area contributed by atoms with E-state index in [-0.39, 0.29) is 11.0 Å². The summed E-state index contributed by atoms with van der Waals surface area (Å²) in [6.07, 6.45) is 2.73. The Balaban J connectivity index is 2.18. The highest BCUT2D eigenvalue weighted by Crippen LogP contribution is 2.38. The van der Waals surface area contributed by atoms with Crippen LogP contribution in [0.25, 0.3) is 0 Å². The van der Waals surface area contributed by atoms with Gasteiger partial charge in [-0.15, -0.1) is 11.3 Å². The van der Waals surface area contributed by atoms with Crippen molar-refractivity contribution in [1.29, 1.82) is 0 Å². The molecular weight excluding hydrogens is 463 g/mol. The maximum Gasteiger partial charge on any atom is 0.251 e. The molecule has 6 nitrogen and oxygen atoms in total. The summed E-state index contributed by atoms with van der Waals surface area (Å²) in [5, 5.41) is 9.08. The number of anilines is 1. The molecule has 0 aliphatic heterocycles. The fourth-order valence-corrected chi connectivity index (χ4v) is 4.64. The molecule has 1 aromatic rings. The van der Waals surface area contributed by atoms with Gasteiger partial charge >= 0.3 is 0 Å². The lowest BCUT2D eigenvalue weighted by atomic mass is 9.95. The zero-order valence-corrected chi connectivity index (χ0v) is 19.7. The van der Waals surface area contributed by atoms with Crippen LogP contribution in [0.3, 0.4) is 0 Å². The molecule has 0 spiro atoms. The maximum atomic E-state index is 12.3. The highest BCUT2D eigenvalue weighted by atomic mass is 35.6. The van der Waals surface area contributed by atoms with Crippen LogP contribution in [0.4, 0.5) is 5.00 Å². The first-order chi connectivity index (χ1) is 12.8. The molecule has 1 aliphatic rings. The van der Waals surface area contributed by atoms with Crippen LogP contribution in [0.15, 0.2) is 0 Å². The predicted molar refractivity (Wildman–Crippen MR) is 121 cm³/mol. The Kier molecular flexibility index (Phi) is 7.48. The van der Waals surface area contributed by atoms with E-state index >= 15 is 0 Å². The molecular formula is C17H23Cl3N4O2S2. The van der Waals surface area contributed by atoms with Crippen LogP contribution in [0.2, 0.25) is 0 Å². The van der Waals surface area contributed by atoms with Crippen LogP contribution in [-0.4, -0.2) is 26.9 Å². The number of primary amides is 1. The molecule has 0 saturated heterocycles. The summed E-state index contributed by atoms with van der Waals surface area (Å²) in [7, 11) is 0. The van der Waals surface area contributed by atoms with E-state index in [1.54, 1.807) is 20.8 Å². The minimum absolute atomic E-state index is 0.103. The molecule has 5 N–H and O–H groups in total. The summed E-state index contributed by atoms with van der Waals surface area (Å²) in [6, 6.07) is 0. The Hall–Kier alpha value is -0.800. The zero-order chi connectivity index (χ0) is 21.3. The monoisotopic (exact) mass is 484 g/mol. The molecule has 2 amide bonds. The number of hydrogen-bond acceptors (Lipinski definition) is 4. The van der Waals surface area contributed by atoms with Gasteiger partial charge in [0.05, 0.1) is 5.56 Å². The summed E-state index contributed by atoms with van der Waals surface area (Å²) >= 11 is 24.8. The van der Waals surface area contributed by atoms with Crippen molar-refractivity contribution in [3.8, 4) is 0 Å². The number of nitrogens with two attached hydrogens (primary N) is 1. The van der Waals surface area contributed by atoms with Gasteiger partial charge in [0.15, 0.2) is 5.11 Å². The topological polar surface area (TPSA) is 96.2 Å². The van der Waals surface area contributed by atoms with Gasteiger partial charge in [-0.25, -0.2) is 0 Å². The molecule has 1 aromatic heterocycles. The largest absolute Gasteiger partial charge is 0.365 e. The van der Waals surface area contributed by atoms with Gasteiger partial charge < -0.3 is 21.7 Å². The average molecular weight is 486 g/mol. The zero-order valence-electron chi connectivity index (χ0n) is 15.8. The molecule has 0 radical (unpaired) electrons. The molecule has 0 bridgehead atoms. The maximum absolute atomic E-state index is 12.3. The van der Waals surface area contributed by atoms with Crippen molar-refractivity contribution in [1.82, 2.24) is 10.6 Å². The first-order valence-corrected chi connectivity index (χ1v) is 11.1. The summed E-state index contributed by atoms with van der Waals surface area (Å²) in [5.41, 5.74) is 6.33. The standard InChI is InChI=1S/C17H23Cl3N4O2S2/c1-16(2,3)14(26)23-13(17(18,19)20)24-15(27)22-12-10(11(21)25)8-6-4-5-7-9(8)28-12/h13H,4-7H2,1-3H3,(H2,21,25)(H,23,26)(H2,22,24,27)/t13-/m0/s1. The van der Waals surface area contributed by atoms with E-state index in [2.05, 4.69) is 16.0 Å². The van der Waals surface area contributed by atoms with Crippen LogP contribution in [0.1, 0.15) is 54.4 Å². The lowest BCUT2D eigenvalue weighted by Gasteiger charge is -2.30. The van der Waals surface area contributed by atoms with E-state index in [1.807, 2.05) is 0 Å². The molecule has 1 heterocycles. The molecule has 0 fully saturated rings. The molecule has 28 heavy (non-hydrogen) atoms. The molecule has 1 aliphatic carbocycles. The number of nitrogens with one attached hydrogen (secondary N) is 3. The van der Waals surface area contributed by atoms with Crippen molar-refractivity contribution in [2.45, 2.75) is 56.4 Å². The van der Waals surface area contributed by atoms with Gasteiger partial charge in [-0.2, -0.15) is 0 Å². The Morgan fingerprint density at radius 1 is 1.14 bits per heavy atom. The lowest BCUT2D eigenvalue weighted by Crippen LogP contribution is -2.58. The average Bonchev–Trinajstić information content (AvgIpc) is 2.89. The highest BCUT2D eigenvalue weighted by molar-refractivity contribution is 7.80. The number of hydrogen-bond donors (Lipinski definition) is 4. The second kappa shape index (κ2) is 8.92. The smallest absolute Gasteiger partial charge is 0.251 e. The van der Waals surface area contributed by atoms with Crippen molar-refractivity contribution in [3.05, 3.63) is 16.0 Å². The Morgan fingerprint density at radius 3 is 2.29 bits per heavy atom. The van der Waals surface area contributed by atoms with E-state index in [0.717, 1.165) is 36.1 Å². The van der Waals surface area contributed by atoms with Gasteiger partial charge in [0, 0.05) is 10.3 Å². The van der Waals surface area contributed by atoms with E-state index in [9.17, 15) is 9.59 Å². The number of alkyl halides is 3. The van der Waals surface area contributed by atoms with Crippen molar-refractivity contribution >= 4 is 80.3 Å². The first kappa shape index (κ1) is 23.5. The van der Waals surface area contributed by atoms with Crippen LogP contribution in [0.5, 0.6) is 0 Å². The minimum Gasteiger partial charge on any atom is -0.365 e. The van der Waals surface area contributed by atoms with Gasteiger partial charge in [-0.1, -0.05) is 55.6 Å². The highest BCUT2D eigenvalue weighted by Gasteiger charge is 2.37. The summed E-state index contributed by atoms with van der Waals surface area (Å²) in [4.78, 5) is 25.4. The predicted octanol–water partition coefficient (Wildman–Crippen LogP) is 3.87. The van der Waals surface area contributed by atoms with Crippen LogP contribution in [0, 0.1) is 5.41 Å². The van der Waals surface area contributed by atoms with Crippen LogP contribution < -0.4 is 21.7 Å². The number of carbonyl (C=O) groups is 2. The number of aryl methyl sites for hydroxylation is 1. The van der Waals surface area contributed by atoms with E-state index in [1.165, 1.54) is 11.3 Å². The molecule has 0 unspecified atom stereocenters. The Labute approximate surface area is 188 Å². The van der Waals surface area contributed by atoms with Crippen LogP contribution in [-0.2, 0) is 17.6 Å². The Morgan fingerprint density at radius 2 is 1.75 bits per heavy atom. The van der Waals surface area contributed by atoms with Crippen LogP contribution >= 0.6 is 58.4 Å². The third kappa shape index (κ3) is 5.86. The molecule has 0 aromatic carbocycles. The first-order valence-electron chi connectivity index (χ1n) is 8.70. The SMILES string of the molecule is CC(C)(C)C(=O)N[C@@H](NC(=S)Nc1sc2c(c1C(N)=O)CCCC2)C(Cl)(Cl)Cl. The van der Waals surface area contributed by atoms with E-state index in [4.69, 9.17) is 52.8 Å². The number of fused-ring (bicyclic) bond motifs is 1. The summed E-state index contributed by atoms with van der Waals surface area (Å²) in [6.45, 7) is 5.22. The quantitative estimate of drug-likeness (QED) is 0.295. The van der Waals surface area contributed by atoms with Gasteiger partial charge in [-0.3, -0.25) is 9.59 Å². The molecule has 2 rings (SSSR count). The van der Waals surface area contributed by atoms with Crippen molar-refractivity contribution in [2.24, 2.45) is 11.1 Å². The van der Waals surface area contributed by atoms with Gasteiger partial charge in [0.25, 0.3) is 5.91 Å². The number of rotatable bonds is 4. The third-order valence-electron chi connectivity index (χ3n) is 4.20. The number of thiocarbonyl (C=S) groups is 1. The summed E-state index contributed by atoms with van der Waals surface area (Å²) in [5.74, 6) is -0.827. The third-order valence-corrected chi connectivity index (χ3v) is 6.29. The second-order valence-electron chi connectivity index (χ2n) is 7.58. The second-order valence-corrected chi connectivity index (χ2v) is 11.5. The summed E-state index contributed by atoms with van der Waals surface area (Å²) < 4.78 is -1.85. The minimum atomic E-state index is -1.85. The fourth-order valence-electron chi connectivity index (χ4n) is 2.73. The van der Waals surface area contributed by atoms with Gasteiger partial charge in [0.2, 0.25) is 9.70 Å². The molecule has 1 atom stereocenters. The number of halogens is 3. The Bertz CT molecular complexity index is 785. The molecule has 156 valence electrons. The van der Waals surface area contributed by atoms with Gasteiger partial charge in [0.1, 0.15) is 11.2 Å².